The van der Waals surface area contributed by atoms with Crippen molar-refractivity contribution in [3.63, 3.8) is 0 Å². The van der Waals surface area contributed by atoms with Crippen LogP contribution in [-0.2, 0) is 23.9 Å². The molecule has 0 heterocycles. The molecule has 0 aromatic heterocycles. The smallest absolute Gasteiger partial charge is 0.338 e. The van der Waals surface area contributed by atoms with E-state index in [1.54, 1.807) is 34.6 Å². The van der Waals surface area contributed by atoms with Gasteiger partial charge in [0.25, 0.3) is 0 Å². The fourth-order valence-electron chi connectivity index (χ4n) is 1.14. The number of ether oxygens (including phenoxy) is 2. The van der Waals surface area contributed by atoms with Crippen LogP contribution in [0.5, 0.6) is 0 Å². The van der Waals surface area contributed by atoms with Crippen LogP contribution in [0.25, 0.3) is 0 Å². The molecule has 0 saturated carbocycles. The largest absolute Gasteiger partial charge is 0.479 e. The topological polar surface area (TPSA) is 116 Å². The van der Waals surface area contributed by atoms with Crippen LogP contribution in [0.15, 0.2) is 0 Å². The first kappa shape index (κ1) is 17.4. The van der Waals surface area contributed by atoms with Crippen molar-refractivity contribution < 1.29 is 29.0 Å². The van der Waals surface area contributed by atoms with Crippen molar-refractivity contribution in [3.8, 4) is 0 Å². The molecule has 0 unspecified atom stereocenters. The summed E-state index contributed by atoms with van der Waals surface area (Å²) in [5, 5.41) is 9.05. The van der Waals surface area contributed by atoms with Crippen LogP contribution >= 0.6 is 0 Å². The number of carbonyl (C=O) groups is 3. The summed E-state index contributed by atoms with van der Waals surface area (Å²) >= 11 is 0. The number of nitrogens with two attached hydrogens (primary N) is 1. The standard InChI is InChI=1S/C12H21NO6/c1-7(2)18-8(14)6-12(13,9(15)16)10(17)19-11(3,4)5/h7H,6,13H2,1-5H3,(H,15,16)/t12-/m0/s1. The molecule has 0 amide bonds. The van der Waals surface area contributed by atoms with E-state index < -0.39 is 41.6 Å². The molecule has 7 heteroatoms. The van der Waals surface area contributed by atoms with Crippen LogP contribution in [-0.4, -0.2) is 40.3 Å². The third-order valence-electron chi connectivity index (χ3n) is 1.94. The molecule has 1 atom stereocenters. The zero-order valence-electron chi connectivity index (χ0n) is 11.9. The van der Waals surface area contributed by atoms with E-state index in [4.69, 9.17) is 20.3 Å². The predicted octanol–water partition coefficient (Wildman–Crippen LogP) is 0.452. The minimum Gasteiger partial charge on any atom is -0.479 e. The fourth-order valence-corrected chi connectivity index (χ4v) is 1.14. The molecule has 0 aromatic rings. The van der Waals surface area contributed by atoms with Gasteiger partial charge in [-0.25, -0.2) is 9.59 Å². The lowest BCUT2D eigenvalue weighted by molar-refractivity contribution is -0.173. The van der Waals surface area contributed by atoms with Gasteiger partial charge in [0, 0.05) is 0 Å². The first-order valence-electron chi connectivity index (χ1n) is 5.83. The van der Waals surface area contributed by atoms with Gasteiger partial charge in [-0.3, -0.25) is 4.79 Å². The number of aliphatic carboxylic acids is 1. The number of hydrogen-bond acceptors (Lipinski definition) is 6. The van der Waals surface area contributed by atoms with Crippen molar-refractivity contribution >= 4 is 17.9 Å². The van der Waals surface area contributed by atoms with Gasteiger partial charge in [0.05, 0.1) is 12.5 Å². The Hall–Kier alpha value is -1.63. The molecule has 110 valence electrons. The lowest BCUT2D eigenvalue weighted by atomic mass is 9.96. The molecule has 0 aliphatic heterocycles. The Balaban J connectivity index is 5.01. The number of carboxylic acids is 1. The minimum atomic E-state index is -2.45. The van der Waals surface area contributed by atoms with Crippen LogP contribution in [0, 0.1) is 0 Å². The molecule has 0 spiro atoms. The molecule has 3 N–H and O–H groups in total. The van der Waals surface area contributed by atoms with E-state index in [1.807, 2.05) is 0 Å². The van der Waals surface area contributed by atoms with Crippen molar-refractivity contribution in [1.29, 1.82) is 0 Å². The minimum absolute atomic E-state index is 0.427. The Bertz CT molecular complexity index is 371. The molecule has 0 fully saturated rings. The second-order valence-corrected chi connectivity index (χ2v) is 5.49. The number of rotatable bonds is 5. The van der Waals surface area contributed by atoms with Gasteiger partial charge in [0.1, 0.15) is 5.60 Å². The molecule has 0 bridgehead atoms. The molecule has 0 aromatic carbocycles. The Kier molecular flexibility index (Phi) is 5.49. The summed E-state index contributed by atoms with van der Waals surface area (Å²) < 4.78 is 9.70. The highest BCUT2D eigenvalue weighted by Crippen LogP contribution is 2.17. The maximum Gasteiger partial charge on any atom is 0.338 e. The van der Waals surface area contributed by atoms with Crippen molar-refractivity contribution in [3.05, 3.63) is 0 Å². The van der Waals surface area contributed by atoms with Gasteiger partial charge in [-0.1, -0.05) is 0 Å². The zero-order valence-corrected chi connectivity index (χ0v) is 11.9. The first-order chi connectivity index (χ1) is 8.38. The summed E-state index contributed by atoms with van der Waals surface area (Å²) in [5.41, 5.74) is 2.14. The maximum atomic E-state index is 11.8. The Morgan fingerprint density at radius 2 is 1.68 bits per heavy atom. The Morgan fingerprint density at radius 3 is 2.00 bits per heavy atom. The first-order valence-corrected chi connectivity index (χ1v) is 5.83. The summed E-state index contributed by atoms with van der Waals surface area (Å²) in [6, 6.07) is 0. The average Bonchev–Trinajstić information content (AvgIpc) is 2.12. The number of esters is 2. The Morgan fingerprint density at radius 1 is 1.21 bits per heavy atom. The second-order valence-electron chi connectivity index (χ2n) is 5.49. The van der Waals surface area contributed by atoms with E-state index in [0.29, 0.717) is 0 Å². The fraction of sp³-hybridized carbons (Fsp3) is 0.750. The number of carbonyl (C=O) groups excluding carboxylic acids is 2. The lowest BCUT2D eigenvalue weighted by Crippen LogP contribution is -2.58. The van der Waals surface area contributed by atoms with E-state index in [-0.39, 0.29) is 0 Å². The molecule has 0 rings (SSSR count). The van der Waals surface area contributed by atoms with Crippen molar-refractivity contribution in [2.24, 2.45) is 5.73 Å². The van der Waals surface area contributed by atoms with Crippen LogP contribution in [0.4, 0.5) is 0 Å². The van der Waals surface area contributed by atoms with E-state index >= 15 is 0 Å². The highest BCUT2D eigenvalue weighted by Gasteiger charge is 2.48. The Labute approximate surface area is 112 Å². The monoisotopic (exact) mass is 275 g/mol. The van der Waals surface area contributed by atoms with E-state index in [2.05, 4.69) is 0 Å². The van der Waals surface area contributed by atoms with Gasteiger partial charge in [0.2, 0.25) is 5.54 Å². The van der Waals surface area contributed by atoms with Crippen molar-refractivity contribution in [1.82, 2.24) is 0 Å². The SMILES string of the molecule is CC(C)OC(=O)C[C@](N)(C(=O)O)C(=O)OC(C)(C)C. The van der Waals surface area contributed by atoms with Gasteiger partial charge < -0.3 is 20.3 Å². The van der Waals surface area contributed by atoms with Crippen LogP contribution in [0.2, 0.25) is 0 Å². The summed E-state index contributed by atoms with van der Waals surface area (Å²) in [7, 11) is 0. The van der Waals surface area contributed by atoms with Gasteiger partial charge in [-0.15, -0.1) is 0 Å². The van der Waals surface area contributed by atoms with E-state index in [1.165, 1.54) is 0 Å². The van der Waals surface area contributed by atoms with E-state index in [0.717, 1.165) is 0 Å². The summed E-state index contributed by atoms with van der Waals surface area (Å²) in [4.78, 5) is 34.4. The second kappa shape index (κ2) is 6.01. The molecular weight excluding hydrogens is 254 g/mol. The van der Waals surface area contributed by atoms with Crippen LogP contribution in [0.1, 0.15) is 41.0 Å². The normalized spacial score (nSPS) is 14.7. The number of carboxylic acid groups (broad SMARTS) is 1. The van der Waals surface area contributed by atoms with Crippen LogP contribution in [0.3, 0.4) is 0 Å². The third-order valence-corrected chi connectivity index (χ3v) is 1.94. The predicted molar refractivity (Wildman–Crippen MR) is 66.2 cm³/mol. The molecule has 19 heavy (non-hydrogen) atoms. The molecule has 0 saturated heterocycles. The van der Waals surface area contributed by atoms with Crippen molar-refractivity contribution in [2.45, 2.75) is 58.3 Å². The summed E-state index contributed by atoms with van der Waals surface area (Å²) in [6.07, 6.45) is -1.21. The van der Waals surface area contributed by atoms with Gasteiger partial charge in [0.15, 0.2) is 0 Å². The summed E-state index contributed by atoms with van der Waals surface area (Å²) in [6.45, 7) is 7.91. The summed E-state index contributed by atoms with van der Waals surface area (Å²) in [5.74, 6) is -3.68. The number of hydrogen-bond donors (Lipinski definition) is 2. The van der Waals surface area contributed by atoms with Gasteiger partial charge in [-0.05, 0) is 34.6 Å². The van der Waals surface area contributed by atoms with Gasteiger partial charge >= 0.3 is 17.9 Å². The molecule has 0 aliphatic rings. The average molecular weight is 275 g/mol. The highest BCUT2D eigenvalue weighted by atomic mass is 16.6. The lowest BCUT2D eigenvalue weighted by Gasteiger charge is -2.27. The van der Waals surface area contributed by atoms with Crippen molar-refractivity contribution in [2.75, 3.05) is 0 Å². The molecular formula is C12H21NO6. The van der Waals surface area contributed by atoms with Crippen LogP contribution < -0.4 is 5.73 Å². The quantitative estimate of drug-likeness (QED) is 0.552. The zero-order chi connectivity index (χ0) is 15.4. The molecule has 0 radical (unpaired) electrons. The maximum absolute atomic E-state index is 11.8. The molecule has 7 nitrogen and oxygen atoms in total. The van der Waals surface area contributed by atoms with Gasteiger partial charge in [-0.2, -0.15) is 0 Å². The van der Waals surface area contributed by atoms with E-state index in [9.17, 15) is 14.4 Å². The third kappa shape index (κ3) is 5.69. The molecule has 0 aliphatic carbocycles. The highest BCUT2D eigenvalue weighted by molar-refractivity contribution is 6.06.